The molecular weight excluding hydrogens is 234 g/mol. The van der Waals surface area contributed by atoms with Crippen LogP contribution in [0.2, 0.25) is 0 Å². The number of carbonyl (C=O) groups is 2. The number of carbonyl (C=O) groups excluding carboxylic acids is 1. The fourth-order valence-corrected chi connectivity index (χ4v) is 1.82. The Bertz CT molecular complexity index is 341. The van der Waals surface area contributed by atoms with Gasteiger partial charge < -0.3 is 10.0 Å². The second-order valence-electron chi connectivity index (χ2n) is 4.56. The molecule has 0 aromatic rings. The van der Waals surface area contributed by atoms with Crippen molar-refractivity contribution in [1.82, 2.24) is 9.91 Å². The average Bonchev–Trinajstić information content (AvgIpc) is 2.65. The highest BCUT2D eigenvalue weighted by atomic mass is 16.4. The summed E-state index contributed by atoms with van der Waals surface area (Å²) in [6.07, 6.45) is 3.61. The minimum Gasteiger partial charge on any atom is -0.465 e. The van der Waals surface area contributed by atoms with Gasteiger partial charge in [0.25, 0.3) is 0 Å². The number of hydrogen-bond donors (Lipinski definition) is 1. The molecule has 0 saturated carbocycles. The molecule has 1 N–H and O–H groups in total. The van der Waals surface area contributed by atoms with Crippen LogP contribution in [0.15, 0.2) is 5.10 Å². The van der Waals surface area contributed by atoms with Gasteiger partial charge in [-0.1, -0.05) is 26.2 Å². The molecule has 102 valence electrons. The molecule has 0 bridgehead atoms. The van der Waals surface area contributed by atoms with Crippen molar-refractivity contribution in [3.8, 4) is 0 Å². The summed E-state index contributed by atoms with van der Waals surface area (Å²) < 4.78 is 0. The minimum atomic E-state index is -1.01. The van der Waals surface area contributed by atoms with Crippen LogP contribution in [0.4, 0.5) is 4.79 Å². The van der Waals surface area contributed by atoms with Gasteiger partial charge in [-0.2, -0.15) is 5.10 Å². The van der Waals surface area contributed by atoms with E-state index in [-0.39, 0.29) is 18.9 Å². The van der Waals surface area contributed by atoms with Crippen molar-refractivity contribution in [2.45, 2.75) is 39.0 Å². The van der Waals surface area contributed by atoms with E-state index in [0.717, 1.165) is 24.2 Å². The lowest BCUT2D eigenvalue weighted by Crippen LogP contribution is -2.30. The lowest BCUT2D eigenvalue weighted by atomic mass is 10.2. The smallest absolute Gasteiger partial charge is 0.407 e. The van der Waals surface area contributed by atoms with Gasteiger partial charge in [-0.05, 0) is 6.42 Å². The molecule has 0 aliphatic carbocycles. The van der Waals surface area contributed by atoms with Crippen molar-refractivity contribution in [3.05, 3.63) is 0 Å². The highest BCUT2D eigenvalue weighted by Crippen LogP contribution is 2.11. The zero-order valence-electron chi connectivity index (χ0n) is 11.1. The first kappa shape index (κ1) is 14.5. The summed E-state index contributed by atoms with van der Waals surface area (Å²) in [6.45, 7) is 2.98. The van der Waals surface area contributed by atoms with Gasteiger partial charge in [-0.15, -0.1) is 0 Å². The topological polar surface area (TPSA) is 73.2 Å². The Balaban J connectivity index is 2.39. The lowest BCUT2D eigenvalue weighted by molar-refractivity contribution is -0.128. The van der Waals surface area contributed by atoms with Crippen molar-refractivity contribution in [2.24, 2.45) is 5.10 Å². The van der Waals surface area contributed by atoms with Crippen molar-refractivity contribution >= 4 is 17.7 Å². The van der Waals surface area contributed by atoms with E-state index in [1.165, 1.54) is 18.5 Å². The molecule has 1 aliphatic heterocycles. The number of rotatable bonds is 7. The summed E-state index contributed by atoms with van der Waals surface area (Å²) in [7, 11) is 1.47. The Kier molecular flexibility index (Phi) is 5.61. The van der Waals surface area contributed by atoms with E-state index >= 15 is 0 Å². The highest BCUT2D eigenvalue weighted by molar-refractivity contribution is 6.06. The molecule has 1 heterocycles. The number of amides is 2. The van der Waals surface area contributed by atoms with Gasteiger partial charge in [0.15, 0.2) is 0 Å². The molecule has 0 aromatic carbocycles. The van der Waals surface area contributed by atoms with E-state index in [1.807, 2.05) is 0 Å². The third-order valence-electron chi connectivity index (χ3n) is 2.88. The molecule has 0 radical (unpaired) electrons. The van der Waals surface area contributed by atoms with Crippen LogP contribution in [0.5, 0.6) is 0 Å². The van der Waals surface area contributed by atoms with Crippen LogP contribution in [0.3, 0.4) is 0 Å². The quantitative estimate of drug-likeness (QED) is 0.704. The maximum absolute atomic E-state index is 11.6. The Morgan fingerprint density at radius 3 is 2.78 bits per heavy atom. The lowest BCUT2D eigenvalue weighted by Gasteiger charge is -2.12. The van der Waals surface area contributed by atoms with Gasteiger partial charge >= 0.3 is 6.09 Å². The third kappa shape index (κ3) is 4.35. The van der Waals surface area contributed by atoms with Gasteiger partial charge in [0, 0.05) is 13.6 Å². The standard InChI is InChI=1S/C12H21N3O3/c1-3-4-5-6-7-15-11(16)8-10(13-15)9-14(2)12(17)18/h3-9H2,1-2H3,(H,17,18). The zero-order chi connectivity index (χ0) is 13.5. The number of carboxylic acid groups (broad SMARTS) is 1. The Labute approximate surface area is 107 Å². The van der Waals surface area contributed by atoms with Crippen molar-refractivity contribution in [2.75, 3.05) is 20.1 Å². The maximum atomic E-state index is 11.6. The van der Waals surface area contributed by atoms with Crippen LogP contribution in [0, 0.1) is 0 Å². The zero-order valence-corrected chi connectivity index (χ0v) is 11.1. The van der Waals surface area contributed by atoms with Gasteiger partial charge in [-0.3, -0.25) is 4.79 Å². The number of hydrazone groups is 1. The molecule has 18 heavy (non-hydrogen) atoms. The summed E-state index contributed by atoms with van der Waals surface area (Å²) in [5.74, 6) is -0.0275. The predicted octanol–water partition coefficient (Wildman–Crippen LogP) is 1.76. The van der Waals surface area contributed by atoms with Crippen LogP contribution in [-0.4, -0.2) is 52.9 Å². The van der Waals surface area contributed by atoms with E-state index in [4.69, 9.17) is 5.11 Å². The second kappa shape index (κ2) is 6.98. The van der Waals surface area contributed by atoms with Crippen LogP contribution in [0.1, 0.15) is 39.0 Å². The molecule has 1 aliphatic rings. The Hall–Kier alpha value is -1.59. The molecule has 1 rings (SSSR count). The molecule has 2 amide bonds. The monoisotopic (exact) mass is 255 g/mol. The fraction of sp³-hybridized carbons (Fsp3) is 0.750. The van der Waals surface area contributed by atoms with E-state index in [2.05, 4.69) is 12.0 Å². The minimum absolute atomic E-state index is 0.0275. The molecule has 0 spiro atoms. The van der Waals surface area contributed by atoms with Crippen molar-refractivity contribution in [3.63, 3.8) is 0 Å². The molecule has 0 atom stereocenters. The van der Waals surface area contributed by atoms with Gasteiger partial charge in [0.2, 0.25) is 5.91 Å². The van der Waals surface area contributed by atoms with Crippen LogP contribution < -0.4 is 0 Å². The van der Waals surface area contributed by atoms with Crippen molar-refractivity contribution < 1.29 is 14.7 Å². The van der Waals surface area contributed by atoms with Crippen LogP contribution >= 0.6 is 0 Å². The number of hydrogen-bond acceptors (Lipinski definition) is 3. The van der Waals surface area contributed by atoms with E-state index in [1.54, 1.807) is 0 Å². The summed E-state index contributed by atoms with van der Waals surface area (Å²) in [6, 6.07) is 0. The summed E-state index contributed by atoms with van der Waals surface area (Å²) in [5.41, 5.74) is 0.625. The van der Waals surface area contributed by atoms with Gasteiger partial charge in [0.05, 0.1) is 18.7 Å². The molecule has 0 fully saturated rings. The molecule has 6 heteroatoms. The Morgan fingerprint density at radius 1 is 1.44 bits per heavy atom. The van der Waals surface area contributed by atoms with Crippen molar-refractivity contribution in [1.29, 1.82) is 0 Å². The summed E-state index contributed by atoms with van der Waals surface area (Å²) >= 11 is 0. The first-order valence-electron chi connectivity index (χ1n) is 6.35. The normalized spacial score (nSPS) is 14.9. The average molecular weight is 255 g/mol. The van der Waals surface area contributed by atoms with Gasteiger partial charge in [-0.25, -0.2) is 9.80 Å². The highest BCUT2D eigenvalue weighted by Gasteiger charge is 2.24. The largest absolute Gasteiger partial charge is 0.465 e. The number of unbranched alkanes of at least 4 members (excludes halogenated alkanes) is 3. The van der Waals surface area contributed by atoms with E-state index in [0.29, 0.717) is 12.3 Å². The third-order valence-corrected chi connectivity index (χ3v) is 2.88. The first-order chi connectivity index (χ1) is 8.54. The Morgan fingerprint density at radius 2 is 2.17 bits per heavy atom. The number of nitrogens with zero attached hydrogens (tertiary/aromatic N) is 3. The summed E-state index contributed by atoms with van der Waals surface area (Å²) in [4.78, 5) is 23.4. The molecule has 0 unspecified atom stereocenters. The van der Waals surface area contributed by atoms with E-state index < -0.39 is 6.09 Å². The van der Waals surface area contributed by atoms with E-state index in [9.17, 15) is 9.59 Å². The molecule has 0 aromatic heterocycles. The van der Waals surface area contributed by atoms with Gasteiger partial charge in [0.1, 0.15) is 0 Å². The summed E-state index contributed by atoms with van der Waals surface area (Å²) in [5, 5.41) is 14.4. The maximum Gasteiger partial charge on any atom is 0.407 e. The molecular formula is C12H21N3O3. The predicted molar refractivity (Wildman–Crippen MR) is 68.6 cm³/mol. The first-order valence-corrected chi connectivity index (χ1v) is 6.35. The molecule has 0 saturated heterocycles. The van der Waals surface area contributed by atoms with Crippen LogP contribution in [-0.2, 0) is 4.79 Å². The fourth-order valence-electron chi connectivity index (χ4n) is 1.82. The molecule has 6 nitrogen and oxygen atoms in total. The van der Waals surface area contributed by atoms with Crippen LogP contribution in [0.25, 0.3) is 0 Å². The SMILES string of the molecule is CCCCCCN1N=C(CN(C)C(=O)O)CC1=O. The second-order valence-corrected chi connectivity index (χ2v) is 4.56.